The number of hydrogen-bond donors (Lipinski definition) is 1. The molecule has 3 aromatic rings. The van der Waals surface area contributed by atoms with Gasteiger partial charge in [0.1, 0.15) is 0 Å². The van der Waals surface area contributed by atoms with Gasteiger partial charge in [0, 0.05) is 9.61 Å². The number of halogens is 1. The Balaban J connectivity index is 1.86. The monoisotopic (exact) mass is 390 g/mol. The fourth-order valence-corrected chi connectivity index (χ4v) is 2.56. The summed E-state index contributed by atoms with van der Waals surface area (Å²) in [6.45, 7) is 2.15. The first-order chi connectivity index (χ1) is 10.2. The summed E-state index contributed by atoms with van der Waals surface area (Å²) in [6.07, 6.45) is 3.52. The van der Waals surface area contributed by atoms with E-state index in [0.29, 0.717) is 0 Å². The van der Waals surface area contributed by atoms with E-state index in [0.717, 1.165) is 11.4 Å². The average Bonchev–Trinajstić information content (AvgIpc) is 3.02. The Bertz CT molecular complexity index is 707. The van der Waals surface area contributed by atoms with Gasteiger partial charge in [-0.3, -0.25) is 0 Å². The molecule has 1 atom stereocenters. The molecule has 2 aromatic carbocycles. The van der Waals surface area contributed by atoms with Crippen molar-refractivity contribution in [2.24, 2.45) is 0 Å². The summed E-state index contributed by atoms with van der Waals surface area (Å²) in [5.41, 5.74) is 3.28. The fourth-order valence-electron chi connectivity index (χ4n) is 2.20. The van der Waals surface area contributed by atoms with Crippen LogP contribution in [0.1, 0.15) is 18.5 Å². The Morgan fingerprint density at radius 2 is 1.86 bits per heavy atom. The van der Waals surface area contributed by atoms with Crippen molar-refractivity contribution >= 4 is 28.3 Å². The molecule has 1 N–H and O–H groups in total. The average molecular weight is 390 g/mol. The van der Waals surface area contributed by atoms with E-state index in [-0.39, 0.29) is 6.04 Å². The molecule has 0 radical (unpaired) electrons. The predicted octanol–water partition coefficient (Wildman–Crippen LogP) is 4.05. The van der Waals surface area contributed by atoms with Crippen molar-refractivity contribution in [1.29, 1.82) is 0 Å². The molecule has 0 spiro atoms. The van der Waals surface area contributed by atoms with E-state index in [1.54, 1.807) is 10.9 Å². The standard InChI is InChI=1S/C16H15IN4/c1-12(13-6-8-14(17)9-7-13)19-15-4-2-3-5-16(15)21-11-10-18-20-21/h2-12,19H,1H3. The number of aromatic nitrogens is 3. The van der Waals surface area contributed by atoms with Crippen LogP contribution in [0.25, 0.3) is 5.69 Å². The van der Waals surface area contributed by atoms with Crippen LogP contribution in [0, 0.1) is 3.57 Å². The molecule has 0 aliphatic rings. The maximum Gasteiger partial charge on any atom is 0.0894 e. The Labute approximate surface area is 137 Å². The first-order valence-corrected chi connectivity index (χ1v) is 7.79. The Hall–Kier alpha value is -1.89. The van der Waals surface area contributed by atoms with E-state index in [1.807, 2.05) is 24.4 Å². The van der Waals surface area contributed by atoms with Crippen molar-refractivity contribution in [3.8, 4) is 5.69 Å². The van der Waals surface area contributed by atoms with Crippen LogP contribution in [0.15, 0.2) is 60.9 Å². The maximum absolute atomic E-state index is 4.06. The molecule has 5 heteroatoms. The SMILES string of the molecule is CC(Nc1ccccc1-n1ccnn1)c1ccc(I)cc1. The number of anilines is 1. The number of benzene rings is 2. The highest BCUT2D eigenvalue weighted by Gasteiger charge is 2.09. The maximum atomic E-state index is 4.06. The third kappa shape index (κ3) is 3.24. The molecule has 0 bridgehead atoms. The number of para-hydroxylation sites is 2. The lowest BCUT2D eigenvalue weighted by molar-refractivity contribution is 0.798. The molecule has 1 aromatic heterocycles. The molecule has 0 fully saturated rings. The second kappa shape index (κ2) is 6.26. The van der Waals surface area contributed by atoms with Crippen molar-refractivity contribution in [3.63, 3.8) is 0 Å². The van der Waals surface area contributed by atoms with Gasteiger partial charge >= 0.3 is 0 Å². The largest absolute Gasteiger partial charge is 0.377 e. The molecule has 4 nitrogen and oxygen atoms in total. The van der Waals surface area contributed by atoms with E-state index >= 15 is 0 Å². The molecule has 0 amide bonds. The summed E-state index contributed by atoms with van der Waals surface area (Å²) in [5, 5.41) is 11.5. The minimum absolute atomic E-state index is 0.215. The third-order valence-corrected chi connectivity index (χ3v) is 4.03. The van der Waals surface area contributed by atoms with Crippen LogP contribution < -0.4 is 5.32 Å². The first-order valence-electron chi connectivity index (χ1n) is 6.72. The molecule has 106 valence electrons. The van der Waals surface area contributed by atoms with Crippen LogP contribution in [0.4, 0.5) is 5.69 Å². The van der Waals surface area contributed by atoms with Gasteiger partial charge in [-0.2, -0.15) is 0 Å². The minimum Gasteiger partial charge on any atom is -0.377 e. The van der Waals surface area contributed by atoms with Crippen LogP contribution in [0.3, 0.4) is 0 Å². The van der Waals surface area contributed by atoms with Crippen molar-refractivity contribution < 1.29 is 0 Å². The number of nitrogens with one attached hydrogen (secondary N) is 1. The van der Waals surface area contributed by atoms with E-state index < -0.39 is 0 Å². The molecule has 3 rings (SSSR count). The van der Waals surface area contributed by atoms with Gasteiger partial charge in [0.05, 0.1) is 23.8 Å². The normalized spacial score (nSPS) is 12.1. The van der Waals surface area contributed by atoms with E-state index in [9.17, 15) is 0 Å². The van der Waals surface area contributed by atoms with Crippen LogP contribution >= 0.6 is 22.6 Å². The van der Waals surface area contributed by atoms with Crippen molar-refractivity contribution in [2.45, 2.75) is 13.0 Å². The zero-order chi connectivity index (χ0) is 14.7. The number of nitrogens with zero attached hydrogens (tertiary/aromatic N) is 3. The zero-order valence-electron chi connectivity index (χ0n) is 11.6. The highest BCUT2D eigenvalue weighted by atomic mass is 127. The Morgan fingerprint density at radius 3 is 2.57 bits per heavy atom. The number of rotatable bonds is 4. The van der Waals surface area contributed by atoms with Gasteiger partial charge in [0.2, 0.25) is 0 Å². The van der Waals surface area contributed by atoms with E-state index in [2.05, 4.69) is 75.5 Å². The van der Waals surface area contributed by atoms with Crippen molar-refractivity contribution in [2.75, 3.05) is 5.32 Å². The third-order valence-electron chi connectivity index (χ3n) is 3.32. The van der Waals surface area contributed by atoms with Gasteiger partial charge in [-0.25, -0.2) is 4.68 Å². The van der Waals surface area contributed by atoms with Gasteiger partial charge in [0.15, 0.2) is 0 Å². The van der Waals surface area contributed by atoms with Crippen LogP contribution in [-0.2, 0) is 0 Å². The lowest BCUT2D eigenvalue weighted by Gasteiger charge is -2.18. The highest BCUT2D eigenvalue weighted by Crippen LogP contribution is 2.24. The Morgan fingerprint density at radius 1 is 1.10 bits per heavy atom. The van der Waals surface area contributed by atoms with Crippen LogP contribution in [0.2, 0.25) is 0 Å². The topological polar surface area (TPSA) is 42.7 Å². The summed E-state index contributed by atoms with van der Waals surface area (Å²) in [7, 11) is 0. The lowest BCUT2D eigenvalue weighted by Crippen LogP contribution is -2.09. The summed E-state index contributed by atoms with van der Waals surface area (Å²) in [4.78, 5) is 0. The summed E-state index contributed by atoms with van der Waals surface area (Å²) >= 11 is 2.32. The zero-order valence-corrected chi connectivity index (χ0v) is 13.7. The lowest BCUT2D eigenvalue weighted by atomic mass is 10.1. The minimum atomic E-state index is 0.215. The molecule has 0 aliphatic heterocycles. The van der Waals surface area contributed by atoms with Crippen molar-refractivity contribution in [1.82, 2.24) is 15.0 Å². The Kier molecular flexibility index (Phi) is 4.19. The van der Waals surface area contributed by atoms with Gasteiger partial charge in [0.25, 0.3) is 0 Å². The molecule has 0 saturated heterocycles. The van der Waals surface area contributed by atoms with E-state index in [1.165, 1.54) is 9.13 Å². The second-order valence-electron chi connectivity index (χ2n) is 4.78. The van der Waals surface area contributed by atoms with Gasteiger partial charge in [-0.05, 0) is 59.3 Å². The summed E-state index contributed by atoms with van der Waals surface area (Å²) in [5.74, 6) is 0. The van der Waals surface area contributed by atoms with Crippen LogP contribution in [0.5, 0.6) is 0 Å². The predicted molar refractivity (Wildman–Crippen MR) is 92.6 cm³/mol. The molecule has 1 heterocycles. The molecule has 0 saturated carbocycles. The molecule has 1 unspecified atom stereocenters. The highest BCUT2D eigenvalue weighted by molar-refractivity contribution is 14.1. The molecular formula is C16H15IN4. The molecular weight excluding hydrogens is 375 g/mol. The second-order valence-corrected chi connectivity index (χ2v) is 6.03. The molecule has 21 heavy (non-hydrogen) atoms. The van der Waals surface area contributed by atoms with Crippen LogP contribution in [-0.4, -0.2) is 15.0 Å². The van der Waals surface area contributed by atoms with Gasteiger partial charge < -0.3 is 5.32 Å². The smallest absolute Gasteiger partial charge is 0.0894 e. The van der Waals surface area contributed by atoms with E-state index in [4.69, 9.17) is 0 Å². The van der Waals surface area contributed by atoms with Crippen molar-refractivity contribution in [3.05, 3.63) is 70.1 Å². The number of hydrogen-bond acceptors (Lipinski definition) is 3. The summed E-state index contributed by atoms with van der Waals surface area (Å²) in [6, 6.07) is 16.9. The quantitative estimate of drug-likeness (QED) is 0.684. The fraction of sp³-hybridized carbons (Fsp3) is 0.125. The van der Waals surface area contributed by atoms with Gasteiger partial charge in [-0.15, -0.1) is 5.10 Å². The molecule has 0 aliphatic carbocycles. The van der Waals surface area contributed by atoms with Gasteiger partial charge in [-0.1, -0.05) is 29.5 Å². The summed E-state index contributed by atoms with van der Waals surface area (Å²) < 4.78 is 3.01. The first kappa shape index (κ1) is 14.1.